The number of likely N-dealkylation sites (tertiary alicyclic amines) is 1. The first-order chi connectivity index (χ1) is 10.8. The number of rotatable bonds is 5. The molecular formula is C17H18N2O3. The predicted molar refractivity (Wildman–Crippen MR) is 82.1 cm³/mol. The summed E-state index contributed by atoms with van der Waals surface area (Å²) in [5, 5.41) is 0. The molecule has 0 radical (unpaired) electrons. The molecule has 0 bridgehead atoms. The fourth-order valence-corrected chi connectivity index (χ4v) is 2.34. The fourth-order valence-electron chi connectivity index (χ4n) is 2.34. The summed E-state index contributed by atoms with van der Waals surface area (Å²) in [5.41, 5.74) is 0. The molecule has 5 heteroatoms. The Balaban J connectivity index is 1.52. The minimum absolute atomic E-state index is 0.0475. The molecule has 2 aromatic rings. The lowest BCUT2D eigenvalue weighted by atomic mass is 10.3. The summed E-state index contributed by atoms with van der Waals surface area (Å²) in [6, 6.07) is 12.7. The molecule has 0 atom stereocenters. The molecule has 114 valence electrons. The average molecular weight is 298 g/mol. The van der Waals surface area contributed by atoms with Crippen LogP contribution < -0.4 is 9.47 Å². The third kappa shape index (κ3) is 3.75. The van der Waals surface area contributed by atoms with Crippen molar-refractivity contribution in [2.75, 3.05) is 19.7 Å². The van der Waals surface area contributed by atoms with Crippen molar-refractivity contribution in [2.24, 2.45) is 0 Å². The quantitative estimate of drug-likeness (QED) is 0.851. The maximum Gasteiger partial charge on any atom is 0.260 e. The van der Waals surface area contributed by atoms with E-state index in [2.05, 4.69) is 4.98 Å². The summed E-state index contributed by atoms with van der Waals surface area (Å²) in [4.78, 5) is 17.8. The Morgan fingerprint density at radius 2 is 1.77 bits per heavy atom. The van der Waals surface area contributed by atoms with E-state index < -0.39 is 0 Å². The molecule has 1 aliphatic heterocycles. The van der Waals surface area contributed by atoms with Crippen molar-refractivity contribution >= 4 is 5.91 Å². The molecule has 22 heavy (non-hydrogen) atoms. The van der Waals surface area contributed by atoms with Gasteiger partial charge in [0.05, 0.1) is 0 Å². The minimum Gasteiger partial charge on any atom is -0.484 e. The Kier molecular flexibility index (Phi) is 4.53. The van der Waals surface area contributed by atoms with Gasteiger partial charge >= 0.3 is 0 Å². The van der Waals surface area contributed by atoms with E-state index in [4.69, 9.17) is 9.47 Å². The van der Waals surface area contributed by atoms with Gasteiger partial charge in [-0.15, -0.1) is 0 Å². The highest BCUT2D eigenvalue weighted by molar-refractivity contribution is 5.78. The second kappa shape index (κ2) is 6.93. The summed E-state index contributed by atoms with van der Waals surface area (Å²) < 4.78 is 11.1. The van der Waals surface area contributed by atoms with Crippen LogP contribution in [0.5, 0.6) is 17.4 Å². The summed E-state index contributed by atoms with van der Waals surface area (Å²) in [5.74, 6) is 1.92. The Bertz CT molecular complexity index is 608. The highest BCUT2D eigenvalue weighted by Crippen LogP contribution is 2.22. The highest BCUT2D eigenvalue weighted by atomic mass is 16.5. The van der Waals surface area contributed by atoms with E-state index in [1.807, 2.05) is 17.0 Å². The topological polar surface area (TPSA) is 51.7 Å². The van der Waals surface area contributed by atoms with Crippen LogP contribution in [0.2, 0.25) is 0 Å². The number of benzene rings is 1. The highest BCUT2D eigenvalue weighted by Gasteiger charge is 2.17. The van der Waals surface area contributed by atoms with Gasteiger partial charge in [0.2, 0.25) is 5.88 Å². The van der Waals surface area contributed by atoms with Crippen molar-refractivity contribution in [1.82, 2.24) is 9.88 Å². The van der Waals surface area contributed by atoms with Crippen molar-refractivity contribution in [3.63, 3.8) is 0 Å². The maximum atomic E-state index is 11.9. The van der Waals surface area contributed by atoms with Crippen LogP contribution in [-0.2, 0) is 4.79 Å². The van der Waals surface area contributed by atoms with Gasteiger partial charge in [0.15, 0.2) is 6.61 Å². The summed E-state index contributed by atoms with van der Waals surface area (Å²) in [6.07, 6.45) is 3.85. The van der Waals surface area contributed by atoms with Gasteiger partial charge in [-0.1, -0.05) is 6.07 Å². The molecule has 0 unspecified atom stereocenters. The monoisotopic (exact) mass is 298 g/mol. The molecule has 3 rings (SSSR count). The van der Waals surface area contributed by atoms with Crippen molar-refractivity contribution < 1.29 is 14.3 Å². The standard InChI is InChI=1S/C17H18N2O3/c20-17(19-11-3-4-12-19)13-21-14-6-8-15(9-7-14)22-16-5-1-2-10-18-16/h1-2,5-10H,3-4,11-13H2. The Labute approximate surface area is 129 Å². The molecule has 1 aromatic heterocycles. The van der Waals surface area contributed by atoms with E-state index in [0.29, 0.717) is 17.4 Å². The second-order valence-electron chi connectivity index (χ2n) is 5.12. The van der Waals surface area contributed by atoms with E-state index >= 15 is 0 Å². The molecule has 5 nitrogen and oxygen atoms in total. The molecule has 1 fully saturated rings. The molecule has 0 N–H and O–H groups in total. The number of hydrogen-bond donors (Lipinski definition) is 0. The normalized spacial score (nSPS) is 13.9. The van der Waals surface area contributed by atoms with Crippen LogP contribution in [0.15, 0.2) is 48.7 Å². The lowest BCUT2D eigenvalue weighted by Gasteiger charge is -2.15. The number of carbonyl (C=O) groups is 1. The number of carbonyl (C=O) groups excluding carboxylic acids is 1. The SMILES string of the molecule is O=C(COc1ccc(Oc2ccccn2)cc1)N1CCCC1. The summed E-state index contributed by atoms with van der Waals surface area (Å²) >= 11 is 0. The maximum absolute atomic E-state index is 11.9. The van der Waals surface area contributed by atoms with Crippen LogP contribution in [-0.4, -0.2) is 35.5 Å². The van der Waals surface area contributed by atoms with Crippen LogP contribution in [0.25, 0.3) is 0 Å². The molecule has 1 saturated heterocycles. The fraction of sp³-hybridized carbons (Fsp3) is 0.294. The molecule has 0 saturated carbocycles. The van der Waals surface area contributed by atoms with Crippen molar-refractivity contribution in [2.45, 2.75) is 12.8 Å². The lowest BCUT2D eigenvalue weighted by molar-refractivity contribution is -0.132. The first-order valence-electron chi connectivity index (χ1n) is 7.41. The molecule has 1 aromatic carbocycles. The molecule has 1 aliphatic rings. The van der Waals surface area contributed by atoms with Gasteiger partial charge in [-0.2, -0.15) is 0 Å². The molecule has 1 amide bonds. The van der Waals surface area contributed by atoms with Crippen molar-refractivity contribution in [3.8, 4) is 17.4 Å². The average Bonchev–Trinajstić information content (AvgIpc) is 3.09. The number of nitrogens with zero attached hydrogens (tertiary/aromatic N) is 2. The van der Waals surface area contributed by atoms with Crippen LogP contribution >= 0.6 is 0 Å². The third-order valence-electron chi connectivity index (χ3n) is 3.50. The Morgan fingerprint density at radius 3 is 2.45 bits per heavy atom. The van der Waals surface area contributed by atoms with Crippen LogP contribution in [0.3, 0.4) is 0 Å². The zero-order chi connectivity index (χ0) is 15.2. The van der Waals surface area contributed by atoms with Gasteiger partial charge in [0.25, 0.3) is 5.91 Å². The van der Waals surface area contributed by atoms with E-state index in [-0.39, 0.29) is 12.5 Å². The van der Waals surface area contributed by atoms with E-state index in [1.165, 1.54) is 0 Å². The number of amides is 1. The first kappa shape index (κ1) is 14.4. The van der Waals surface area contributed by atoms with Crippen LogP contribution in [0, 0.1) is 0 Å². The molecule has 0 aliphatic carbocycles. The molecule has 0 spiro atoms. The van der Waals surface area contributed by atoms with Crippen LogP contribution in [0.4, 0.5) is 0 Å². The minimum atomic E-state index is 0.0475. The van der Waals surface area contributed by atoms with Gasteiger partial charge in [-0.05, 0) is 43.2 Å². The van der Waals surface area contributed by atoms with Crippen LogP contribution in [0.1, 0.15) is 12.8 Å². The smallest absolute Gasteiger partial charge is 0.260 e. The van der Waals surface area contributed by atoms with E-state index in [1.54, 1.807) is 36.5 Å². The molecule has 2 heterocycles. The van der Waals surface area contributed by atoms with Crippen molar-refractivity contribution in [1.29, 1.82) is 0 Å². The number of aromatic nitrogens is 1. The number of pyridine rings is 1. The lowest BCUT2D eigenvalue weighted by Crippen LogP contribution is -2.32. The largest absolute Gasteiger partial charge is 0.484 e. The van der Waals surface area contributed by atoms with E-state index in [9.17, 15) is 4.79 Å². The third-order valence-corrected chi connectivity index (χ3v) is 3.50. The second-order valence-corrected chi connectivity index (χ2v) is 5.12. The summed E-state index contributed by atoms with van der Waals surface area (Å²) in [7, 11) is 0. The Hall–Kier alpha value is -2.56. The number of hydrogen-bond acceptors (Lipinski definition) is 4. The van der Waals surface area contributed by atoms with E-state index in [0.717, 1.165) is 25.9 Å². The zero-order valence-electron chi connectivity index (χ0n) is 12.3. The van der Waals surface area contributed by atoms with Crippen molar-refractivity contribution in [3.05, 3.63) is 48.7 Å². The Morgan fingerprint density at radius 1 is 1.05 bits per heavy atom. The molecular weight excluding hydrogens is 280 g/mol. The van der Waals surface area contributed by atoms with Gasteiger partial charge in [-0.3, -0.25) is 4.79 Å². The van der Waals surface area contributed by atoms with Gasteiger partial charge in [0.1, 0.15) is 11.5 Å². The summed E-state index contributed by atoms with van der Waals surface area (Å²) in [6.45, 7) is 1.78. The van der Waals surface area contributed by atoms with Gasteiger partial charge in [-0.25, -0.2) is 4.98 Å². The number of ether oxygens (including phenoxy) is 2. The first-order valence-corrected chi connectivity index (χ1v) is 7.41. The zero-order valence-corrected chi connectivity index (χ0v) is 12.3. The van der Waals surface area contributed by atoms with Gasteiger partial charge < -0.3 is 14.4 Å². The predicted octanol–water partition coefficient (Wildman–Crippen LogP) is 2.88. The van der Waals surface area contributed by atoms with Gasteiger partial charge in [0, 0.05) is 25.4 Å².